The number of ether oxygens (including phenoxy) is 2. The molecule has 0 saturated carbocycles. The van der Waals surface area contributed by atoms with E-state index < -0.39 is 20.0 Å². The van der Waals surface area contributed by atoms with Crippen molar-refractivity contribution in [2.24, 2.45) is 5.92 Å². The average molecular weight is 531 g/mol. The predicted molar refractivity (Wildman–Crippen MR) is 139 cm³/mol. The van der Waals surface area contributed by atoms with E-state index in [0.717, 1.165) is 5.56 Å². The highest BCUT2D eigenvalue weighted by Crippen LogP contribution is 2.60. The Morgan fingerprint density at radius 2 is 1.97 bits per heavy atom. The first-order valence-corrected chi connectivity index (χ1v) is 15.6. The maximum atomic E-state index is 14.3. The second kappa shape index (κ2) is 9.15. The fourth-order valence-electron chi connectivity index (χ4n) is 6.24. The van der Waals surface area contributed by atoms with Crippen molar-refractivity contribution in [3.8, 4) is 0 Å². The molecular formula is C26H31ClN2O6Si. The van der Waals surface area contributed by atoms with Crippen LogP contribution < -0.4 is 9.80 Å². The Morgan fingerprint density at radius 3 is 2.64 bits per heavy atom. The third-order valence-corrected chi connectivity index (χ3v) is 10.4. The maximum absolute atomic E-state index is 14.3. The van der Waals surface area contributed by atoms with E-state index in [1.165, 1.54) is 0 Å². The molecule has 2 saturated heterocycles. The zero-order valence-electron chi connectivity index (χ0n) is 20.6. The lowest BCUT2D eigenvalue weighted by atomic mass is 9.82. The van der Waals surface area contributed by atoms with E-state index in [9.17, 15) is 19.5 Å². The molecule has 3 heterocycles. The van der Waals surface area contributed by atoms with Crippen LogP contribution in [-0.4, -0.2) is 56.1 Å². The molecule has 1 spiro atoms. The number of nitrogens with zero attached hydrogens (tertiary/aromatic N) is 2. The molecule has 3 aliphatic heterocycles. The molecule has 0 aliphatic carbocycles. The van der Waals surface area contributed by atoms with Gasteiger partial charge in [0.2, 0.25) is 0 Å². The lowest BCUT2D eigenvalue weighted by Gasteiger charge is -2.32. The quantitative estimate of drug-likeness (QED) is 0.547. The number of anilines is 2. The molecule has 2 aromatic carbocycles. The SMILES string of the molecule is C[C@H]1[C@H]([Si](C)(C)O)[C@@H](CCO)O[C@]12C(=O)N(Cc1cccc(N3CCOC3=O)c1)c1ccc(Cl)cc12. The van der Waals surface area contributed by atoms with E-state index in [0.29, 0.717) is 41.5 Å². The molecule has 36 heavy (non-hydrogen) atoms. The summed E-state index contributed by atoms with van der Waals surface area (Å²) >= 11 is 6.40. The molecule has 192 valence electrons. The second-order valence-electron chi connectivity index (χ2n) is 10.4. The first kappa shape index (κ1) is 25.2. The third-order valence-electron chi connectivity index (χ3n) is 7.68. The van der Waals surface area contributed by atoms with Crippen LogP contribution in [0.5, 0.6) is 0 Å². The van der Waals surface area contributed by atoms with Gasteiger partial charge in [0.05, 0.1) is 24.9 Å². The van der Waals surface area contributed by atoms with Crippen molar-refractivity contribution in [3.05, 3.63) is 58.6 Å². The van der Waals surface area contributed by atoms with Crippen molar-refractivity contribution in [2.45, 2.75) is 50.2 Å². The molecule has 3 aliphatic rings. The summed E-state index contributed by atoms with van der Waals surface area (Å²) in [7, 11) is -2.76. The number of carbonyl (C=O) groups excluding carboxylic acids is 2. The van der Waals surface area contributed by atoms with Crippen molar-refractivity contribution < 1.29 is 29.0 Å². The molecule has 10 heteroatoms. The summed E-state index contributed by atoms with van der Waals surface area (Å²) < 4.78 is 11.6. The molecule has 5 rings (SSSR count). The van der Waals surface area contributed by atoms with Crippen LogP contribution in [-0.2, 0) is 26.4 Å². The number of cyclic esters (lactones) is 1. The topological polar surface area (TPSA) is 99.5 Å². The molecule has 8 nitrogen and oxygen atoms in total. The minimum absolute atomic E-state index is 0.0967. The van der Waals surface area contributed by atoms with Crippen LogP contribution in [0.4, 0.5) is 16.2 Å². The molecule has 0 bridgehead atoms. The van der Waals surface area contributed by atoms with Crippen LogP contribution in [0.1, 0.15) is 24.5 Å². The van der Waals surface area contributed by atoms with Crippen molar-refractivity contribution in [1.82, 2.24) is 0 Å². The van der Waals surface area contributed by atoms with E-state index in [1.54, 1.807) is 21.9 Å². The zero-order chi connectivity index (χ0) is 25.8. The number of amides is 2. The molecule has 2 amide bonds. The van der Waals surface area contributed by atoms with E-state index >= 15 is 0 Å². The Morgan fingerprint density at radius 1 is 1.19 bits per heavy atom. The molecule has 2 fully saturated rings. The van der Waals surface area contributed by atoms with E-state index in [-0.39, 0.29) is 36.6 Å². The summed E-state index contributed by atoms with van der Waals surface area (Å²) in [6, 6.07) is 12.9. The van der Waals surface area contributed by atoms with Gasteiger partial charge in [-0.2, -0.15) is 0 Å². The molecule has 2 aromatic rings. The lowest BCUT2D eigenvalue weighted by Crippen LogP contribution is -2.46. The summed E-state index contributed by atoms with van der Waals surface area (Å²) in [6.07, 6.45) is -0.490. The van der Waals surface area contributed by atoms with Gasteiger partial charge >= 0.3 is 6.09 Å². The first-order valence-electron chi connectivity index (χ1n) is 12.2. The number of rotatable bonds is 6. The van der Waals surface area contributed by atoms with Crippen molar-refractivity contribution >= 4 is 43.3 Å². The van der Waals surface area contributed by atoms with Crippen LogP contribution in [0.2, 0.25) is 23.7 Å². The largest absolute Gasteiger partial charge is 0.447 e. The summed E-state index contributed by atoms with van der Waals surface area (Å²) in [5.41, 5.74) is 1.43. The van der Waals surface area contributed by atoms with Gasteiger partial charge in [-0.1, -0.05) is 30.7 Å². The standard InChI is InChI=1S/C26H31ClN2O6Si/c1-16-23(36(2,3)33)22(9-11-30)35-26(16)20-14-18(27)7-8-21(20)29(24(26)31)15-17-5-4-6-19(13-17)28-10-12-34-25(28)32/h4-8,13-14,16,22-23,30,33H,9-12,15H2,1-3H3/t16-,22+,23-,26+/m0/s1. The number of hydrogen-bond donors (Lipinski definition) is 2. The Kier molecular flexibility index (Phi) is 6.41. The lowest BCUT2D eigenvalue weighted by molar-refractivity contribution is -0.146. The van der Waals surface area contributed by atoms with Gasteiger partial charge in [-0.05, 0) is 55.4 Å². The van der Waals surface area contributed by atoms with Gasteiger partial charge in [0.15, 0.2) is 13.9 Å². The van der Waals surface area contributed by atoms with Crippen LogP contribution >= 0.6 is 11.6 Å². The van der Waals surface area contributed by atoms with Crippen LogP contribution in [0.15, 0.2) is 42.5 Å². The van der Waals surface area contributed by atoms with Gasteiger partial charge in [-0.3, -0.25) is 9.69 Å². The minimum atomic E-state index is -2.76. The second-order valence-corrected chi connectivity index (χ2v) is 14.8. The van der Waals surface area contributed by atoms with Gasteiger partial charge < -0.3 is 24.3 Å². The first-order chi connectivity index (χ1) is 17.1. The van der Waals surface area contributed by atoms with Crippen molar-refractivity contribution in [2.75, 3.05) is 29.6 Å². The number of aliphatic hydroxyl groups excluding tert-OH is 1. The number of halogens is 1. The smallest absolute Gasteiger partial charge is 0.414 e. The molecule has 2 N–H and O–H groups in total. The Balaban J connectivity index is 1.55. The predicted octanol–water partition coefficient (Wildman–Crippen LogP) is 4.02. The number of benzene rings is 2. The fourth-order valence-corrected chi connectivity index (χ4v) is 9.01. The Hall–Kier alpha value is -2.43. The third kappa shape index (κ3) is 3.94. The molecule has 0 unspecified atom stereocenters. The highest BCUT2D eigenvalue weighted by Gasteiger charge is 2.66. The highest BCUT2D eigenvalue weighted by molar-refractivity contribution is 6.71. The highest BCUT2D eigenvalue weighted by atomic mass is 35.5. The van der Waals surface area contributed by atoms with Crippen molar-refractivity contribution in [1.29, 1.82) is 0 Å². The molecule has 4 atom stereocenters. The van der Waals surface area contributed by atoms with Gasteiger partial charge in [0.1, 0.15) is 6.61 Å². The van der Waals surface area contributed by atoms with Crippen LogP contribution in [0, 0.1) is 5.92 Å². The number of hydrogen-bond acceptors (Lipinski definition) is 6. The summed E-state index contributed by atoms with van der Waals surface area (Å²) in [6.45, 7) is 6.67. The number of fused-ring (bicyclic) bond motifs is 2. The average Bonchev–Trinajstić information content (AvgIpc) is 3.44. The molecule has 0 aromatic heterocycles. The summed E-state index contributed by atoms with van der Waals surface area (Å²) in [4.78, 5) is 40.8. The van der Waals surface area contributed by atoms with Gasteiger partial charge in [0.25, 0.3) is 5.91 Å². The Labute approximate surface area is 216 Å². The molecular weight excluding hydrogens is 500 g/mol. The van der Waals surface area contributed by atoms with Gasteiger partial charge in [-0.25, -0.2) is 4.79 Å². The summed E-state index contributed by atoms with van der Waals surface area (Å²) in [5.74, 6) is -0.525. The van der Waals surface area contributed by atoms with Crippen molar-refractivity contribution in [3.63, 3.8) is 0 Å². The number of carbonyl (C=O) groups is 2. The van der Waals surface area contributed by atoms with E-state index in [1.807, 2.05) is 50.3 Å². The Bertz CT molecular complexity index is 1200. The fraction of sp³-hybridized carbons (Fsp3) is 0.462. The minimum Gasteiger partial charge on any atom is -0.447 e. The summed E-state index contributed by atoms with van der Waals surface area (Å²) in [5, 5.41) is 10.2. The van der Waals surface area contributed by atoms with E-state index in [2.05, 4.69) is 0 Å². The normalized spacial score (nSPS) is 27.8. The number of aliphatic hydroxyl groups is 1. The van der Waals surface area contributed by atoms with Gasteiger partial charge in [0, 0.05) is 34.3 Å². The van der Waals surface area contributed by atoms with E-state index in [4.69, 9.17) is 21.1 Å². The maximum Gasteiger partial charge on any atom is 0.414 e. The monoisotopic (exact) mass is 530 g/mol. The zero-order valence-corrected chi connectivity index (χ0v) is 22.4. The van der Waals surface area contributed by atoms with Gasteiger partial charge in [-0.15, -0.1) is 0 Å². The van der Waals surface area contributed by atoms with Crippen LogP contribution in [0.25, 0.3) is 0 Å². The van der Waals surface area contributed by atoms with Crippen LogP contribution in [0.3, 0.4) is 0 Å². The molecule has 0 radical (unpaired) electrons.